The van der Waals surface area contributed by atoms with Crippen molar-refractivity contribution in [3.05, 3.63) is 42.0 Å². The maximum absolute atomic E-state index is 10.7. The molecule has 4 nitrogen and oxygen atoms in total. The molecule has 2 aromatic carbocycles. The summed E-state index contributed by atoms with van der Waals surface area (Å²) in [5, 5.41) is 11.3. The van der Waals surface area contributed by atoms with E-state index in [1.165, 1.54) is 0 Å². The smallest absolute Gasteiger partial charge is 0.255 e. The van der Waals surface area contributed by atoms with Gasteiger partial charge in [0, 0.05) is 5.56 Å². The molecule has 0 aliphatic rings. The Morgan fingerprint density at radius 3 is 2.71 bits per heavy atom. The summed E-state index contributed by atoms with van der Waals surface area (Å²) >= 11 is 0. The summed E-state index contributed by atoms with van der Waals surface area (Å²) in [6.07, 6.45) is 0. The Morgan fingerprint density at radius 2 is 2.00 bits per heavy atom. The molecule has 88 valence electrons. The molecule has 0 bridgehead atoms. The average molecular weight is 231 g/mol. The van der Waals surface area contributed by atoms with Crippen LogP contribution in [0.4, 0.5) is 0 Å². The maximum atomic E-state index is 10.7. The zero-order valence-corrected chi connectivity index (χ0v) is 9.22. The molecule has 2 aromatic rings. The van der Waals surface area contributed by atoms with Gasteiger partial charge in [0.05, 0.1) is 6.61 Å². The summed E-state index contributed by atoms with van der Waals surface area (Å²) in [5.41, 5.74) is 5.69. The van der Waals surface area contributed by atoms with Crippen LogP contribution in [0.15, 0.2) is 36.4 Å². The van der Waals surface area contributed by atoms with Crippen molar-refractivity contribution >= 4 is 16.7 Å². The van der Waals surface area contributed by atoms with Crippen molar-refractivity contribution in [3.63, 3.8) is 0 Å². The highest BCUT2D eigenvalue weighted by molar-refractivity contribution is 5.87. The van der Waals surface area contributed by atoms with Gasteiger partial charge < -0.3 is 15.6 Å². The van der Waals surface area contributed by atoms with Crippen LogP contribution < -0.4 is 10.5 Å². The molecule has 0 radical (unpaired) electrons. The largest absolute Gasteiger partial charge is 0.483 e. The van der Waals surface area contributed by atoms with Gasteiger partial charge in [0.25, 0.3) is 5.91 Å². The van der Waals surface area contributed by atoms with Crippen LogP contribution in [0.1, 0.15) is 5.56 Å². The van der Waals surface area contributed by atoms with Crippen LogP contribution in [-0.2, 0) is 11.4 Å². The van der Waals surface area contributed by atoms with E-state index in [2.05, 4.69) is 0 Å². The molecule has 4 heteroatoms. The van der Waals surface area contributed by atoms with Gasteiger partial charge in [0.2, 0.25) is 0 Å². The van der Waals surface area contributed by atoms with Crippen molar-refractivity contribution in [3.8, 4) is 5.75 Å². The van der Waals surface area contributed by atoms with Gasteiger partial charge in [-0.3, -0.25) is 4.79 Å². The van der Waals surface area contributed by atoms with Crippen LogP contribution >= 0.6 is 0 Å². The van der Waals surface area contributed by atoms with E-state index in [1.807, 2.05) is 30.3 Å². The molecule has 2 rings (SSSR count). The fourth-order valence-corrected chi connectivity index (χ4v) is 1.76. The van der Waals surface area contributed by atoms with Crippen LogP contribution in [0.3, 0.4) is 0 Å². The molecule has 0 aromatic heterocycles. The standard InChI is InChI=1S/C13H13NO3/c14-13(16)8-17-12-6-5-9-3-1-2-4-10(9)11(12)7-15/h1-6,15H,7-8H2,(H2,14,16). The lowest BCUT2D eigenvalue weighted by molar-refractivity contribution is -0.119. The lowest BCUT2D eigenvalue weighted by Gasteiger charge is -2.11. The number of ether oxygens (including phenoxy) is 1. The highest BCUT2D eigenvalue weighted by atomic mass is 16.5. The molecule has 0 fully saturated rings. The van der Waals surface area contributed by atoms with Gasteiger partial charge in [0.1, 0.15) is 5.75 Å². The fraction of sp³-hybridized carbons (Fsp3) is 0.154. The van der Waals surface area contributed by atoms with Crippen molar-refractivity contribution in [1.82, 2.24) is 0 Å². The first-order valence-corrected chi connectivity index (χ1v) is 5.25. The Hall–Kier alpha value is -2.07. The Kier molecular flexibility index (Phi) is 3.25. The Bertz CT molecular complexity index is 551. The highest BCUT2D eigenvalue weighted by Crippen LogP contribution is 2.27. The topological polar surface area (TPSA) is 72.6 Å². The van der Waals surface area contributed by atoms with Crippen molar-refractivity contribution in [2.45, 2.75) is 6.61 Å². The van der Waals surface area contributed by atoms with Crippen molar-refractivity contribution in [2.75, 3.05) is 6.61 Å². The monoisotopic (exact) mass is 231 g/mol. The third-order valence-electron chi connectivity index (χ3n) is 2.53. The SMILES string of the molecule is NC(=O)COc1ccc2ccccc2c1CO. The average Bonchev–Trinajstić information content (AvgIpc) is 2.35. The van der Waals surface area contributed by atoms with Gasteiger partial charge in [-0.05, 0) is 16.8 Å². The quantitative estimate of drug-likeness (QED) is 0.830. The first kappa shape index (κ1) is 11.4. The van der Waals surface area contributed by atoms with Crippen molar-refractivity contribution < 1.29 is 14.6 Å². The zero-order chi connectivity index (χ0) is 12.3. The minimum absolute atomic E-state index is 0.143. The summed E-state index contributed by atoms with van der Waals surface area (Å²) in [4.78, 5) is 10.7. The fourth-order valence-electron chi connectivity index (χ4n) is 1.76. The summed E-state index contributed by atoms with van der Waals surface area (Å²) < 4.78 is 5.26. The summed E-state index contributed by atoms with van der Waals surface area (Å²) in [6, 6.07) is 11.3. The lowest BCUT2D eigenvalue weighted by Crippen LogP contribution is -2.20. The molecule has 0 aliphatic carbocycles. The highest BCUT2D eigenvalue weighted by Gasteiger charge is 2.08. The van der Waals surface area contributed by atoms with E-state index >= 15 is 0 Å². The van der Waals surface area contributed by atoms with E-state index in [0.717, 1.165) is 10.8 Å². The van der Waals surface area contributed by atoms with Crippen LogP contribution in [0, 0.1) is 0 Å². The van der Waals surface area contributed by atoms with Gasteiger partial charge in [-0.25, -0.2) is 0 Å². The third-order valence-corrected chi connectivity index (χ3v) is 2.53. The van der Waals surface area contributed by atoms with Crippen molar-refractivity contribution in [1.29, 1.82) is 0 Å². The molecule has 0 unspecified atom stereocenters. The number of amides is 1. The molecule has 0 atom stereocenters. The molecule has 0 saturated heterocycles. The Morgan fingerprint density at radius 1 is 1.24 bits per heavy atom. The first-order valence-electron chi connectivity index (χ1n) is 5.25. The first-order chi connectivity index (χ1) is 8.22. The Balaban J connectivity index is 2.45. The van der Waals surface area contributed by atoms with E-state index in [1.54, 1.807) is 6.07 Å². The van der Waals surface area contributed by atoms with E-state index < -0.39 is 5.91 Å². The minimum Gasteiger partial charge on any atom is -0.483 e. The summed E-state index contributed by atoms with van der Waals surface area (Å²) in [7, 11) is 0. The van der Waals surface area contributed by atoms with Crippen molar-refractivity contribution in [2.24, 2.45) is 5.73 Å². The van der Waals surface area contributed by atoms with Gasteiger partial charge in [-0.15, -0.1) is 0 Å². The number of aliphatic hydroxyl groups excluding tert-OH is 1. The molecule has 1 amide bonds. The van der Waals surface area contributed by atoms with Crippen LogP contribution in [0.25, 0.3) is 10.8 Å². The minimum atomic E-state index is -0.540. The third kappa shape index (κ3) is 2.37. The van der Waals surface area contributed by atoms with E-state index in [9.17, 15) is 9.90 Å². The number of primary amides is 1. The second-order valence-electron chi connectivity index (χ2n) is 3.68. The summed E-state index contributed by atoms with van der Waals surface area (Å²) in [5.74, 6) is -0.0490. The predicted molar refractivity (Wildman–Crippen MR) is 64.6 cm³/mol. The zero-order valence-electron chi connectivity index (χ0n) is 9.22. The van der Waals surface area contributed by atoms with Gasteiger partial charge >= 0.3 is 0 Å². The Labute approximate surface area is 98.6 Å². The predicted octanol–water partition coefficient (Wildman–Crippen LogP) is 1.20. The second kappa shape index (κ2) is 4.84. The second-order valence-corrected chi connectivity index (χ2v) is 3.68. The molecule has 0 heterocycles. The number of carbonyl (C=O) groups excluding carboxylic acids is 1. The molecular weight excluding hydrogens is 218 g/mol. The van der Waals surface area contributed by atoms with Crippen LogP contribution in [0.2, 0.25) is 0 Å². The molecular formula is C13H13NO3. The molecule has 0 aliphatic heterocycles. The number of rotatable bonds is 4. The number of carbonyl (C=O) groups is 1. The summed E-state index contributed by atoms with van der Waals surface area (Å²) in [6.45, 7) is -0.333. The van der Waals surface area contributed by atoms with Gasteiger partial charge in [-0.2, -0.15) is 0 Å². The molecule has 0 saturated carbocycles. The lowest BCUT2D eigenvalue weighted by atomic mass is 10.0. The van der Waals surface area contributed by atoms with Crippen LogP contribution in [-0.4, -0.2) is 17.6 Å². The number of aliphatic hydroxyl groups is 1. The number of hydrogen-bond donors (Lipinski definition) is 2. The number of hydrogen-bond acceptors (Lipinski definition) is 3. The van der Waals surface area contributed by atoms with Gasteiger partial charge in [0.15, 0.2) is 6.61 Å². The molecule has 17 heavy (non-hydrogen) atoms. The van der Waals surface area contributed by atoms with Crippen LogP contribution in [0.5, 0.6) is 5.75 Å². The molecule has 0 spiro atoms. The van der Waals surface area contributed by atoms with E-state index in [4.69, 9.17) is 10.5 Å². The van der Waals surface area contributed by atoms with Gasteiger partial charge in [-0.1, -0.05) is 30.3 Å². The maximum Gasteiger partial charge on any atom is 0.255 e. The molecule has 3 N–H and O–H groups in total. The number of nitrogens with two attached hydrogens (primary N) is 1. The van der Waals surface area contributed by atoms with E-state index in [0.29, 0.717) is 11.3 Å². The number of fused-ring (bicyclic) bond motifs is 1. The van der Waals surface area contributed by atoms with E-state index in [-0.39, 0.29) is 13.2 Å². The number of benzene rings is 2. The normalized spacial score (nSPS) is 10.4.